The van der Waals surface area contributed by atoms with Crippen molar-refractivity contribution in [2.24, 2.45) is 11.8 Å². The first-order valence-electron chi connectivity index (χ1n) is 9.05. The molecule has 0 aliphatic rings. The average Bonchev–Trinajstić information content (AvgIpc) is 2.45. The van der Waals surface area contributed by atoms with Crippen LogP contribution in [0.4, 0.5) is 4.79 Å². The first-order valence-corrected chi connectivity index (χ1v) is 10.2. The summed E-state index contributed by atoms with van der Waals surface area (Å²) in [6.45, 7) is 12.0. The molecule has 0 rings (SSSR count). The van der Waals surface area contributed by atoms with Gasteiger partial charge in [0.15, 0.2) is 0 Å². The summed E-state index contributed by atoms with van der Waals surface area (Å²) >= 11 is 16.8. The summed E-state index contributed by atoms with van der Waals surface area (Å²) in [5.74, 6) is -1.42. The van der Waals surface area contributed by atoms with Gasteiger partial charge in [0.1, 0.15) is 24.3 Å². The molecule has 0 bridgehead atoms. The Bertz CT molecular complexity index is 542. The van der Waals surface area contributed by atoms with E-state index in [0.29, 0.717) is 6.42 Å². The number of alkyl halides is 3. The van der Waals surface area contributed by atoms with Crippen LogP contribution in [0.25, 0.3) is 0 Å². The van der Waals surface area contributed by atoms with E-state index in [9.17, 15) is 14.4 Å². The summed E-state index contributed by atoms with van der Waals surface area (Å²) in [4.78, 5) is 37.1. The standard InChI is InChI=1S/C18H31Cl3N2O5/c1-10(2)8-12(22-16(26)28-17(5,6)7)14(24)23-13(11(3)4)15(25)27-9-18(19,20)21/h10-13H,8-9H2,1-7H3,(H,22,26)(H,23,24)/t12-,13-/m0/s1. The van der Waals surface area contributed by atoms with Gasteiger partial charge in [-0.1, -0.05) is 62.5 Å². The van der Waals surface area contributed by atoms with Crippen LogP contribution in [-0.4, -0.2) is 46.1 Å². The lowest BCUT2D eigenvalue weighted by molar-refractivity contribution is -0.149. The van der Waals surface area contributed by atoms with E-state index in [1.54, 1.807) is 34.6 Å². The fraction of sp³-hybridized carbons (Fsp3) is 0.833. The minimum Gasteiger partial charge on any atom is -0.460 e. The molecule has 0 aromatic heterocycles. The van der Waals surface area contributed by atoms with Gasteiger partial charge in [-0.05, 0) is 39.0 Å². The van der Waals surface area contributed by atoms with Crippen molar-refractivity contribution in [1.82, 2.24) is 10.6 Å². The number of hydrogen-bond acceptors (Lipinski definition) is 5. The molecule has 28 heavy (non-hydrogen) atoms. The van der Waals surface area contributed by atoms with Crippen LogP contribution >= 0.6 is 34.8 Å². The molecule has 7 nitrogen and oxygen atoms in total. The number of rotatable bonds is 8. The van der Waals surface area contributed by atoms with Crippen LogP contribution in [0, 0.1) is 11.8 Å². The van der Waals surface area contributed by atoms with Gasteiger partial charge in [0.2, 0.25) is 9.70 Å². The van der Waals surface area contributed by atoms with Crippen molar-refractivity contribution in [3.63, 3.8) is 0 Å². The monoisotopic (exact) mass is 460 g/mol. The maximum atomic E-state index is 12.7. The van der Waals surface area contributed by atoms with Crippen LogP contribution in [0.15, 0.2) is 0 Å². The number of hydrogen-bond donors (Lipinski definition) is 2. The fourth-order valence-corrected chi connectivity index (χ4v) is 2.31. The molecule has 0 aromatic carbocycles. The van der Waals surface area contributed by atoms with E-state index in [1.807, 2.05) is 13.8 Å². The number of halogens is 3. The summed E-state index contributed by atoms with van der Waals surface area (Å²) in [5.41, 5.74) is -0.704. The minimum absolute atomic E-state index is 0.111. The van der Waals surface area contributed by atoms with E-state index in [-0.39, 0.29) is 11.8 Å². The second-order valence-corrected chi connectivity index (χ2v) is 10.8. The lowest BCUT2D eigenvalue weighted by atomic mass is 10.0. The Balaban J connectivity index is 5.16. The highest BCUT2D eigenvalue weighted by Crippen LogP contribution is 2.26. The number of esters is 1. The molecule has 0 radical (unpaired) electrons. The van der Waals surface area contributed by atoms with Crippen molar-refractivity contribution < 1.29 is 23.9 Å². The molecular formula is C18H31Cl3N2O5. The van der Waals surface area contributed by atoms with Gasteiger partial charge < -0.3 is 20.1 Å². The van der Waals surface area contributed by atoms with E-state index in [4.69, 9.17) is 44.3 Å². The molecule has 0 aliphatic carbocycles. The quantitative estimate of drug-likeness (QED) is 0.421. The van der Waals surface area contributed by atoms with Crippen molar-refractivity contribution in [1.29, 1.82) is 0 Å². The Kier molecular flexibility index (Phi) is 10.9. The second-order valence-electron chi connectivity index (χ2n) is 8.28. The number of alkyl carbamates (subject to hydrolysis) is 1. The summed E-state index contributed by atoms with van der Waals surface area (Å²) in [6, 6.07) is -1.84. The number of amides is 2. The Labute approximate surface area is 182 Å². The van der Waals surface area contributed by atoms with Crippen molar-refractivity contribution in [3.8, 4) is 0 Å². The van der Waals surface area contributed by atoms with Crippen molar-refractivity contribution in [3.05, 3.63) is 0 Å². The third kappa shape index (κ3) is 12.5. The summed E-state index contributed by atoms with van der Waals surface area (Å²) in [5, 5.41) is 5.17. The highest BCUT2D eigenvalue weighted by atomic mass is 35.6. The molecule has 2 N–H and O–H groups in total. The fourth-order valence-electron chi connectivity index (χ4n) is 2.15. The molecule has 164 valence electrons. The molecule has 0 aromatic rings. The summed E-state index contributed by atoms with van der Waals surface area (Å²) in [6.07, 6.45) is -0.354. The third-order valence-electron chi connectivity index (χ3n) is 3.31. The Morgan fingerprint density at radius 1 is 0.964 bits per heavy atom. The summed E-state index contributed by atoms with van der Waals surface area (Å²) < 4.78 is 8.44. The molecule has 0 fully saturated rings. The van der Waals surface area contributed by atoms with Gasteiger partial charge in [0.25, 0.3) is 0 Å². The molecule has 0 heterocycles. The van der Waals surface area contributed by atoms with Gasteiger partial charge in [-0.2, -0.15) is 0 Å². The third-order valence-corrected chi connectivity index (χ3v) is 3.64. The summed E-state index contributed by atoms with van der Waals surface area (Å²) in [7, 11) is 0. The molecule has 0 saturated heterocycles. The molecular weight excluding hydrogens is 431 g/mol. The number of carbonyl (C=O) groups is 3. The first kappa shape index (κ1) is 27.1. The first-order chi connectivity index (χ1) is 12.5. The minimum atomic E-state index is -1.75. The molecule has 2 atom stereocenters. The van der Waals surface area contributed by atoms with Crippen molar-refractivity contribution >= 4 is 52.8 Å². The van der Waals surface area contributed by atoms with Crippen molar-refractivity contribution in [2.45, 2.75) is 76.4 Å². The average molecular weight is 462 g/mol. The van der Waals surface area contributed by atoms with Crippen LogP contribution in [0.5, 0.6) is 0 Å². The van der Waals surface area contributed by atoms with E-state index < -0.39 is 46.1 Å². The normalized spacial score (nSPS) is 14.4. The van der Waals surface area contributed by atoms with Gasteiger partial charge >= 0.3 is 12.1 Å². The second kappa shape index (κ2) is 11.3. The van der Waals surface area contributed by atoms with Gasteiger partial charge in [-0.15, -0.1) is 0 Å². The zero-order valence-electron chi connectivity index (χ0n) is 17.4. The van der Waals surface area contributed by atoms with E-state index in [1.165, 1.54) is 0 Å². The molecule has 0 unspecified atom stereocenters. The van der Waals surface area contributed by atoms with Gasteiger partial charge in [-0.3, -0.25) is 4.79 Å². The van der Waals surface area contributed by atoms with E-state index in [2.05, 4.69) is 10.6 Å². The zero-order valence-corrected chi connectivity index (χ0v) is 19.7. The largest absolute Gasteiger partial charge is 0.460 e. The number of carbonyl (C=O) groups excluding carboxylic acids is 3. The Morgan fingerprint density at radius 3 is 1.89 bits per heavy atom. The highest BCUT2D eigenvalue weighted by molar-refractivity contribution is 6.67. The smallest absolute Gasteiger partial charge is 0.408 e. The van der Waals surface area contributed by atoms with Crippen LogP contribution in [0.3, 0.4) is 0 Å². The maximum Gasteiger partial charge on any atom is 0.408 e. The SMILES string of the molecule is CC(C)C[C@H](NC(=O)OC(C)(C)C)C(=O)N[C@H](C(=O)OCC(Cl)(Cl)Cl)C(C)C. The van der Waals surface area contributed by atoms with Gasteiger partial charge in [0.05, 0.1) is 0 Å². The van der Waals surface area contributed by atoms with Crippen LogP contribution in [-0.2, 0) is 19.1 Å². The molecule has 0 spiro atoms. The van der Waals surface area contributed by atoms with Crippen molar-refractivity contribution in [2.75, 3.05) is 6.61 Å². The van der Waals surface area contributed by atoms with E-state index in [0.717, 1.165) is 0 Å². The lowest BCUT2D eigenvalue weighted by Gasteiger charge is -2.27. The molecule has 2 amide bonds. The lowest BCUT2D eigenvalue weighted by Crippen LogP contribution is -2.54. The Hall–Kier alpha value is -0.920. The number of ether oxygens (including phenoxy) is 2. The van der Waals surface area contributed by atoms with Gasteiger partial charge in [0, 0.05) is 0 Å². The molecule has 0 aliphatic heterocycles. The molecule has 0 saturated carbocycles. The van der Waals surface area contributed by atoms with Crippen LogP contribution in [0.1, 0.15) is 54.9 Å². The predicted molar refractivity (Wildman–Crippen MR) is 111 cm³/mol. The van der Waals surface area contributed by atoms with Crippen LogP contribution < -0.4 is 10.6 Å². The topological polar surface area (TPSA) is 93.7 Å². The van der Waals surface area contributed by atoms with Crippen LogP contribution in [0.2, 0.25) is 0 Å². The number of nitrogens with one attached hydrogen (secondary N) is 2. The maximum absolute atomic E-state index is 12.7. The molecule has 10 heteroatoms. The highest BCUT2D eigenvalue weighted by Gasteiger charge is 2.32. The van der Waals surface area contributed by atoms with E-state index >= 15 is 0 Å². The Morgan fingerprint density at radius 2 is 1.50 bits per heavy atom. The predicted octanol–water partition coefficient (Wildman–Crippen LogP) is 3.98. The zero-order chi connectivity index (χ0) is 22.3. The van der Waals surface area contributed by atoms with Gasteiger partial charge in [-0.25, -0.2) is 9.59 Å².